The molecule has 0 aliphatic heterocycles. The Kier molecular flexibility index (Phi) is 2.04. The van der Waals surface area contributed by atoms with Crippen molar-refractivity contribution in [1.29, 1.82) is 0 Å². The summed E-state index contributed by atoms with van der Waals surface area (Å²) in [5, 5.41) is 9.01. The van der Waals surface area contributed by atoms with Crippen molar-refractivity contribution >= 4 is 11.8 Å². The van der Waals surface area contributed by atoms with Gasteiger partial charge in [0.05, 0.1) is 0 Å². The summed E-state index contributed by atoms with van der Waals surface area (Å²) < 4.78 is 0. The van der Waals surface area contributed by atoms with Gasteiger partial charge >= 0.3 is 5.97 Å². The van der Waals surface area contributed by atoms with Crippen LogP contribution in [0.2, 0.25) is 0 Å². The summed E-state index contributed by atoms with van der Waals surface area (Å²) >= 11 is 0. The molecule has 0 aromatic heterocycles. The molecule has 0 radical (unpaired) electrons. The Labute approximate surface area is 86.0 Å². The Morgan fingerprint density at radius 2 is 2.00 bits per heavy atom. The Morgan fingerprint density at radius 3 is 2.67 bits per heavy atom. The monoisotopic (exact) mass is 203 g/mol. The van der Waals surface area contributed by atoms with Crippen LogP contribution < -0.4 is 5.73 Å². The van der Waals surface area contributed by atoms with E-state index in [1.807, 2.05) is 0 Å². The normalized spacial score (nSPS) is 19.3. The average Bonchev–Trinajstić information content (AvgIpc) is 2.17. The number of ketones is 1. The molecule has 4 heteroatoms. The third-order valence-corrected chi connectivity index (χ3v) is 2.42. The number of rotatable bonds is 1. The molecule has 1 unspecified atom stereocenters. The number of carbonyl (C=O) groups is 2. The highest BCUT2D eigenvalue weighted by molar-refractivity contribution is 6.09. The van der Waals surface area contributed by atoms with Crippen LogP contribution in [0.5, 0.6) is 0 Å². The fourth-order valence-corrected chi connectivity index (χ4v) is 1.74. The molecule has 1 atom stereocenters. The minimum Gasteiger partial charge on any atom is -0.480 e. The smallest absolute Gasteiger partial charge is 0.317 e. The number of hydrogen-bond acceptors (Lipinski definition) is 3. The van der Waals surface area contributed by atoms with Crippen LogP contribution >= 0.6 is 0 Å². The van der Waals surface area contributed by atoms with Gasteiger partial charge in [-0.2, -0.15) is 0 Å². The van der Waals surface area contributed by atoms with Crippen LogP contribution in [0.3, 0.4) is 0 Å². The van der Waals surface area contributed by atoms with E-state index in [9.17, 15) is 9.59 Å². The van der Waals surface area contributed by atoms with Gasteiger partial charge in [-0.15, -0.1) is 0 Å². The van der Waals surface area contributed by atoms with Crippen molar-refractivity contribution in [3.8, 4) is 0 Å². The highest BCUT2D eigenvalue weighted by Crippen LogP contribution is 2.29. The van der Waals surface area contributed by atoms with Gasteiger partial charge in [0.2, 0.25) is 0 Å². The number of benzene rings is 1. The molecule has 0 bridgehead atoms. The second-order valence-electron chi connectivity index (χ2n) is 3.37. The summed E-state index contributed by atoms with van der Waals surface area (Å²) in [5.41, 5.74) is 6.52. The molecule has 0 heterocycles. The van der Waals surface area contributed by atoms with Gasteiger partial charge in [0.25, 0.3) is 0 Å². The lowest BCUT2D eigenvalue weighted by Gasteiger charge is -2.20. The molecule has 1 aromatic carbocycles. The number of fused-ring (bicyclic) bond motifs is 1. The molecule has 15 heavy (non-hydrogen) atoms. The Balaban J connectivity index is 2.64. The summed E-state index contributed by atoms with van der Waals surface area (Å²) in [6, 6.07) is 6.62. The molecule has 1 aliphatic carbocycles. The van der Waals surface area contributed by atoms with Crippen molar-refractivity contribution in [1.82, 2.24) is 0 Å². The summed E-state index contributed by atoms with van der Waals surface area (Å²) in [6.07, 6.45) is 1.18. The topological polar surface area (TPSA) is 80.4 Å². The predicted octanol–water partition coefficient (Wildman–Crippen LogP) is 0.894. The average molecular weight is 203 g/mol. The van der Waals surface area contributed by atoms with Gasteiger partial charge < -0.3 is 10.8 Å². The maximum Gasteiger partial charge on any atom is 0.317 e. The third kappa shape index (κ3) is 1.40. The zero-order chi connectivity index (χ0) is 11.0. The zero-order valence-corrected chi connectivity index (χ0v) is 7.81. The first-order valence-corrected chi connectivity index (χ1v) is 4.44. The minimum absolute atomic E-state index is 0.0891. The minimum atomic E-state index is -1.04. The van der Waals surface area contributed by atoms with Crippen molar-refractivity contribution in [3.05, 3.63) is 47.2 Å². The van der Waals surface area contributed by atoms with Crippen LogP contribution in [0.15, 0.2) is 36.0 Å². The molecular formula is C11H9NO3. The van der Waals surface area contributed by atoms with Crippen molar-refractivity contribution in [2.24, 2.45) is 5.73 Å². The largest absolute Gasteiger partial charge is 0.480 e. The van der Waals surface area contributed by atoms with E-state index in [0.717, 1.165) is 0 Å². The summed E-state index contributed by atoms with van der Waals surface area (Å²) in [4.78, 5) is 22.5. The first kappa shape index (κ1) is 9.45. The van der Waals surface area contributed by atoms with E-state index in [2.05, 4.69) is 0 Å². The van der Waals surface area contributed by atoms with Crippen molar-refractivity contribution in [2.45, 2.75) is 5.92 Å². The summed E-state index contributed by atoms with van der Waals surface area (Å²) in [7, 11) is 0. The number of carboxylic acids is 1. The van der Waals surface area contributed by atoms with Gasteiger partial charge in [0.1, 0.15) is 5.92 Å². The third-order valence-electron chi connectivity index (χ3n) is 2.42. The van der Waals surface area contributed by atoms with Crippen LogP contribution in [-0.4, -0.2) is 16.9 Å². The number of nitrogens with two attached hydrogens (primary N) is 1. The number of carbonyl (C=O) groups excluding carboxylic acids is 1. The van der Waals surface area contributed by atoms with E-state index in [0.29, 0.717) is 11.1 Å². The van der Waals surface area contributed by atoms with Gasteiger partial charge in [-0.05, 0) is 5.56 Å². The first-order valence-electron chi connectivity index (χ1n) is 4.44. The molecule has 0 saturated heterocycles. The van der Waals surface area contributed by atoms with Crippen molar-refractivity contribution < 1.29 is 14.7 Å². The van der Waals surface area contributed by atoms with E-state index in [-0.39, 0.29) is 11.5 Å². The fraction of sp³-hybridized carbons (Fsp3) is 0.0909. The lowest BCUT2D eigenvalue weighted by molar-refractivity contribution is -0.137. The molecule has 0 spiro atoms. The highest BCUT2D eigenvalue weighted by atomic mass is 16.4. The van der Waals surface area contributed by atoms with E-state index >= 15 is 0 Å². The van der Waals surface area contributed by atoms with Crippen LogP contribution in [0.25, 0.3) is 0 Å². The number of aliphatic carboxylic acids is 1. The van der Waals surface area contributed by atoms with Gasteiger partial charge in [-0.25, -0.2) is 0 Å². The van der Waals surface area contributed by atoms with Crippen LogP contribution in [0.4, 0.5) is 0 Å². The van der Waals surface area contributed by atoms with Gasteiger partial charge in [-0.3, -0.25) is 9.59 Å². The molecule has 2 rings (SSSR count). The molecule has 1 aromatic rings. The second-order valence-corrected chi connectivity index (χ2v) is 3.37. The summed E-state index contributed by atoms with van der Waals surface area (Å²) in [6.45, 7) is 0. The molecular weight excluding hydrogens is 194 g/mol. The van der Waals surface area contributed by atoms with Crippen LogP contribution in [-0.2, 0) is 4.79 Å². The maximum absolute atomic E-state index is 11.5. The van der Waals surface area contributed by atoms with E-state index in [1.54, 1.807) is 24.3 Å². The fourth-order valence-electron chi connectivity index (χ4n) is 1.74. The lowest BCUT2D eigenvalue weighted by atomic mass is 9.85. The van der Waals surface area contributed by atoms with Gasteiger partial charge in [-0.1, -0.05) is 24.3 Å². The molecule has 0 fully saturated rings. The molecule has 1 aliphatic rings. The van der Waals surface area contributed by atoms with E-state index in [4.69, 9.17) is 10.8 Å². The van der Waals surface area contributed by atoms with Gasteiger partial charge in [0.15, 0.2) is 5.78 Å². The number of carboxylic acid groups (broad SMARTS) is 1. The second kappa shape index (κ2) is 3.24. The molecule has 4 nitrogen and oxygen atoms in total. The van der Waals surface area contributed by atoms with E-state index in [1.165, 1.54) is 6.08 Å². The number of hydrogen-bond donors (Lipinski definition) is 2. The van der Waals surface area contributed by atoms with Crippen molar-refractivity contribution in [2.75, 3.05) is 0 Å². The Hall–Kier alpha value is -2.10. The van der Waals surface area contributed by atoms with E-state index < -0.39 is 11.9 Å². The Bertz CT molecular complexity index is 476. The maximum atomic E-state index is 11.5. The number of allylic oxidation sites excluding steroid dienone is 1. The molecule has 3 N–H and O–H groups in total. The molecule has 76 valence electrons. The molecule has 0 saturated carbocycles. The highest BCUT2D eigenvalue weighted by Gasteiger charge is 2.30. The SMILES string of the molecule is NC1=CC(=O)c2ccccc2C1C(=O)O. The molecule has 0 amide bonds. The zero-order valence-electron chi connectivity index (χ0n) is 7.81. The predicted molar refractivity (Wildman–Crippen MR) is 53.4 cm³/mol. The van der Waals surface area contributed by atoms with Gasteiger partial charge in [0, 0.05) is 17.3 Å². The van der Waals surface area contributed by atoms with Crippen LogP contribution in [0.1, 0.15) is 21.8 Å². The first-order chi connectivity index (χ1) is 7.11. The van der Waals surface area contributed by atoms with Crippen molar-refractivity contribution in [3.63, 3.8) is 0 Å². The standard InChI is InChI=1S/C11H9NO3/c12-8-5-9(13)6-3-1-2-4-7(6)10(8)11(14)15/h1-5,10H,12H2,(H,14,15). The Morgan fingerprint density at radius 1 is 1.33 bits per heavy atom. The lowest BCUT2D eigenvalue weighted by Crippen LogP contribution is -2.25. The summed E-state index contributed by atoms with van der Waals surface area (Å²) in [5.74, 6) is -2.18. The quantitative estimate of drug-likeness (QED) is 0.710. The van der Waals surface area contributed by atoms with Crippen LogP contribution in [0, 0.1) is 0 Å².